The first kappa shape index (κ1) is 20.3. The number of nitrogens with zero attached hydrogens (tertiary/aromatic N) is 3. The number of nitrogens with one attached hydrogen (secondary N) is 1. The number of hydrogen-bond acceptors (Lipinski definition) is 7. The fraction of sp³-hybridized carbons (Fsp3) is 0.100. The molecule has 9 heteroatoms. The first-order valence-electron chi connectivity index (χ1n) is 8.51. The van der Waals surface area contributed by atoms with E-state index in [0.717, 1.165) is 10.0 Å². The Labute approximate surface area is 175 Å². The first-order chi connectivity index (χ1) is 14.1. The van der Waals surface area contributed by atoms with Gasteiger partial charge < -0.3 is 9.47 Å². The van der Waals surface area contributed by atoms with Crippen molar-refractivity contribution in [2.45, 2.75) is 6.61 Å². The molecule has 0 amide bonds. The van der Waals surface area contributed by atoms with E-state index in [-0.39, 0.29) is 11.5 Å². The molecule has 29 heavy (non-hydrogen) atoms. The zero-order valence-electron chi connectivity index (χ0n) is 15.4. The third-order valence-corrected chi connectivity index (χ3v) is 4.56. The Kier molecular flexibility index (Phi) is 6.75. The maximum atomic E-state index is 11.0. The van der Waals surface area contributed by atoms with E-state index in [1.807, 2.05) is 30.3 Å². The second-order valence-electron chi connectivity index (χ2n) is 5.80. The Balaban J connectivity index is 1.75. The number of hydrazone groups is 1. The van der Waals surface area contributed by atoms with Crippen molar-refractivity contribution in [3.05, 3.63) is 86.5 Å². The minimum atomic E-state index is -0.525. The predicted octanol–water partition coefficient (Wildman–Crippen LogP) is 4.79. The average Bonchev–Trinajstić information content (AvgIpc) is 2.74. The molecule has 0 radical (unpaired) electrons. The van der Waals surface area contributed by atoms with Gasteiger partial charge in [-0.3, -0.25) is 15.5 Å². The summed E-state index contributed by atoms with van der Waals surface area (Å²) in [6.45, 7) is 0.405. The van der Waals surface area contributed by atoms with Crippen LogP contribution in [0.15, 0.2) is 70.4 Å². The molecule has 0 aliphatic carbocycles. The molecule has 3 aromatic rings. The van der Waals surface area contributed by atoms with Gasteiger partial charge in [-0.25, -0.2) is 4.98 Å². The van der Waals surface area contributed by atoms with Gasteiger partial charge >= 0.3 is 5.69 Å². The van der Waals surface area contributed by atoms with Gasteiger partial charge in [0.1, 0.15) is 6.61 Å². The van der Waals surface area contributed by atoms with Crippen LogP contribution in [0.2, 0.25) is 0 Å². The molecule has 0 aliphatic heterocycles. The largest absolute Gasteiger partial charge is 0.493 e. The van der Waals surface area contributed by atoms with Gasteiger partial charge in [0.05, 0.1) is 18.2 Å². The summed E-state index contributed by atoms with van der Waals surface area (Å²) in [5, 5.41) is 15.1. The highest BCUT2D eigenvalue weighted by atomic mass is 79.9. The number of halogens is 1. The minimum Gasteiger partial charge on any atom is -0.493 e. The molecule has 2 aromatic carbocycles. The summed E-state index contributed by atoms with van der Waals surface area (Å²) >= 11 is 3.48. The summed E-state index contributed by atoms with van der Waals surface area (Å²) in [5.74, 6) is 1.17. The van der Waals surface area contributed by atoms with Gasteiger partial charge in [-0.15, -0.1) is 0 Å². The lowest BCUT2D eigenvalue weighted by molar-refractivity contribution is -0.384. The monoisotopic (exact) mass is 456 g/mol. The summed E-state index contributed by atoms with van der Waals surface area (Å²) in [6.07, 6.45) is 2.95. The van der Waals surface area contributed by atoms with Crippen molar-refractivity contribution in [1.82, 2.24) is 4.98 Å². The molecule has 1 N–H and O–H groups in total. The summed E-state index contributed by atoms with van der Waals surface area (Å²) in [5.41, 5.74) is 4.17. The number of benzene rings is 2. The topological polar surface area (TPSA) is 98.9 Å². The molecule has 1 aromatic heterocycles. The first-order valence-corrected chi connectivity index (χ1v) is 9.30. The Bertz CT molecular complexity index is 1030. The van der Waals surface area contributed by atoms with Gasteiger partial charge in [-0.2, -0.15) is 5.10 Å². The lowest BCUT2D eigenvalue weighted by Gasteiger charge is -2.12. The van der Waals surface area contributed by atoms with Crippen molar-refractivity contribution in [2.24, 2.45) is 5.10 Å². The SMILES string of the molecule is COc1cc(/C=N\Nc2ncccc2[N+](=O)[O-])c(Br)cc1OCc1ccccc1. The van der Waals surface area contributed by atoms with E-state index < -0.39 is 4.92 Å². The van der Waals surface area contributed by atoms with E-state index >= 15 is 0 Å². The number of pyridine rings is 1. The van der Waals surface area contributed by atoms with Crippen molar-refractivity contribution >= 4 is 33.6 Å². The van der Waals surface area contributed by atoms with Crippen molar-refractivity contribution in [2.75, 3.05) is 12.5 Å². The number of nitro groups is 1. The molecule has 0 unspecified atom stereocenters. The molecule has 0 spiro atoms. The third-order valence-electron chi connectivity index (χ3n) is 3.88. The molecule has 148 valence electrons. The van der Waals surface area contributed by atoms with Crippen LogP contribution in [0.25, 0.3) is 0 Å². The number of anilines is 1. The van der Waals surface area contributed by atoms with Crippen LogP contribution in [0, 0.1) is 10.1 Å². The van der Waals surface area contributed by atoms with Gasteiger partial charge in [-0.1, -0.05) is 30.3 Å². The third kappa shape index (κ3) is 5.29. The molecule has 0 atom stereocenters. The van der Waals surface area contributed by atoms with Crippen LogP contribution in [0.3, 0.4) is 0 Å². The normalized spacial score (nSPS) is 10.7. The summed E-state index contributed by atoms with van der Waals surface area (Å²) in [7, 11) is 1.55. The van der Waals surface area contributed by atoms with Gasteiger partial charge in [0.15, 0.2) is 11.5 Å². The minimum absolute atomic E-state index is 0.0552. The second kappa shape index (κ2) is 9.65. The molecule has 3 rings (SSSR count). The molecular weight excluding hydrogens is 440 g/mol. The van der Waals surface area contributed by atoms with Gasteiger partial charge in [0, 0.05) is 22.3 Å². The summed E-state index contributed by atoms with van der Waals surface area (Å²) in [4.78, 5) is 14.4. The molecule has 0 bridgehead atoms. The maximum absolute atomic E-state index is 11.0. The Morgan fingerprint density at radius 2 is 2.00 bits per heavy atom. The molecular formula is C20H17BrN4O4. The van der Waals surface area contributed by atoms with Crippen LogP contribution in [0.1, 0.15) is 11.1 Å². The highest BCUT2D eigenvalue weighted by Crippen LogP contribution is 2.33. The highest BCUT2D eigenvalue weighted by molar-refractivity contribution is 9.10. The van der Waals surface area contributed by atoms with Crippen LogP contribution in [0.4, 0.5) is 11.5 Å². The van der Waals surface area contributed by atoms with E-state index in [0.29, 0.717) is 23.7 Å². The van der Waals surface area contributed by atoms with E-state index in [1.54, 1.807) is 19.2 Å². The molecule has 0 fully saturated rings. The molecule has 1 heterocycles. The van der Waals surface area contributed by atoms with Gasteiger partial charge in [0.25, 0.3) is 0 Å². The quantitative estimate of drug-likeness (QED) is 0.297. The highest BCUT2D eigenvalue weighted by Gasteiger charge is 2.13. The smallest absolute Gasteiger partial charge is 0.313 e. The van der Waals surface area contributed by atoms with Gasteiger partial charge in [-0.05, 0) is 39.7 Å². The van der Waals surface area contributed by atoms with Crippen LogP contribution in [-0.4, -0.2) is 23.2 Å². The van der Waals surface area contributed by atoms with Gasteiger partial charge in [0.2, 0.25) is 5.82 Å². The fourth-order valence-corrected chi connectivity index (χ4v) is 2.88. The van der Waals surface area contributed by atoms with Crippen LogP contribution >= 0.6 is 15.9 Å². The molecule has 0 aliphatic rings. The van der Waals surface area contributed by atoms with Crippen LogP contribution < -0.4 is 14.9 Å². The fourth-order valence-electron chi connectivity index (χ4n) is 2.45. The van der Waals surface area contributed by atoms with E-state index in [1.165, 1.54) is 24.5 Å². The van der Waals surface area contributed by atoms with Crippen molar-refractivity contribution in [3.8, 4) is 11.5 Å². The average molecular weight is 457 g/mol. The zero-order valence-corrected chi connectivity index (χ0v) is 17.0. The van der Waals surface area contributed by atoms with E-state index in [4.69, 9.17) is 9.47 Å². The Hall–Kier alpha value is -3.46. The lowest BCUT2D eigenvalue weighted by atomic mass is 10.2. The van der Waals surface area contributed by atoms with Crippen molar-refractivity contribution < 1.29 is 14.4 Å². The van der Waals surface area contributed by atoms with Crippen molar-refractivity contribution in [3.63, 3.8) is 0 Å². The number of rotatable bonds is 8. The van der Waals surface area contributed by atoms with Crippen LogP contribution in [0.5, 0.6) is 11.5 Å². The number of aromatic nitrogens is 1. The lowest BCUT2D eigenvalue weighted by Crippen LogP contribution is -2.00. The number of ether oxygens (including phenoxy) is 2. The molecule has 0 saturated heterocycles. The van der Waals surface area contributed by atoms with E-state index in [9.17, 15) is 10.1 Å². The Morgan fingerprint density at radius 3 is 2.72 bits per heavy atom. The van der Waals surface area contributed by atoms with Crippen molar-refractivity contribution in [1.29, 1.82) is 0 Å². The van der Waals surface area contributed by atoms with E-state index in [2.05, 4.69) is 31.4 Å². The number of methoxy groups -OCH3 is 1. The number of hydrogen-bond donors (Lipinski definition) is 1. The Morgan fingerprint density at radius 1 is 1.21 bits per heavy atom. The summed E-state index contributed by atoms with van der Waals surface area (Å²) in [6, 6.07) is 16.2. The zero-order chi connectivity index (χ0) is 20.6. The predicted molar refractivity (Wildman–Crippen MR) is 114 cm³/mol. The summed E-state index contributed by atoms with van der Waals surface area (Å²) < 4.78 is 12.0. The van der Waals surface area contributed by atoms with Crippen LogP contribution in [-0.2, 0) is 6.61 Å². The molecule has 8 nitrogen and oxygen atoms in total. The standard InChI is InChI=1S/C20H17BrN4O4/c1-28-18-10-15(12-23-24-20-17(25(26)27)8-5-9-22-20)16(21)11-19(18)29-13-14-6-3-2-4-7-14/h2-12H,13H2,1H3,(H,22,24)/b23-12-. The maximum Gasteiger partial charge on any atom is 0.313 e. The molecule has 0 saturated carbocycles. The second-order valence-corrected chi connectivity index (χ2v) is 6.65.